The predicted octanol–water partition coefficient (Wildman–Crippen LogP) is 2.76. The topological polar surface area (TPSA) is 70.7 Å². The number of nitrogens with zero attached hydrogens (tertiary/aromatic N) is 2. The first-order valence-electron chi connectivity index (χ1n) is 7.36. The predicted molar refractivity (Wildman–Crippen MR) is 81.0 cm³/mol. The summed E-state index contributed by atoms with van der Waals surface area (Å²) < 4.78 is 0. The third-order valence-corrected chi connectivity index (χ3v) is 3.53. The number of H-pyrrole nitrogens is 1. The minimum absolute atomic E-state index is 0.160. The van der Waals surface area contributed by atoms with Gasteiger partial charge < -0.3 is 5.32 Å². The zero-order chi connectivity index (χ0) is 14.6. The summed E-state index contributed by atoms with van der Waals surface area (Å²) in [4.78, 5) is 14.7. The smallest absolute Gasteiger partial charge is 0.274 e. The molecule has 0 amide bonds. The van der Waals surface area contributed by atoms with Crippen LogP contribution in [0.25, 0.3) is 0 Å². The van der Waals surface area contributed by atoms with Crippen molar-refractivity contribution in [3.8, 4) is 0 Å². The van der Waals surface area contributed by atoms with Crippen molar-refractivity contribution in [2.45, 2.75) is 58.3 Å². The van der Waals surface area contributed by atoms with Crippen LogP contribution in [-0.2, 0) is 5.41 Å². The highest BCUT2D eigenvalue weighted by atomic mass is 16.1. The van der Waals surface area contributed by atoms with Gasteiger partial charge in [-0.2, -0.15) is 0 Å². The van der Waals surface area contributed by atoms with Gasteiger partial charge in [-0.1, -0.05) is 32.4 Å². The SMILES string of the molecule is CC(C)(C)c1nnc(NCCC2=CCCCC2)[nH]c1=O. The minimum atomic E-state index is -0.286. The second-order valence-corrected chi connectivity index (χ2v) is 6.39. The molecule has 5 heteroatoms. The maximum atomic E-state index is 11.9. The summed E-state index contributed by atoms with van der Waals surface area (Å²) in [5, 5.41) is 11.2. The fourth-order valence-corrected chi connectivity index (χ4v) is 2.38. The van der Waals surface area contributed by atoms with Crippen LogP contribution in [0.5, 0.6) is 0 Å². The molecule has 1 heterocycles. The molecule has 1 aliphatic rings. The summed E-state index contributed by atoms with van der Waals surface area (Å²) in [6, 6.07) is 0. The Morgan fingerprint density at radius 2 is 2.10 bits per heavy atom. The van der Waals surface area contributed by atoms with Crippen LogP contribution in [0.1, 0.15) is 58.6 Å². The Bertz CT molecular complexity index is 540. The van der Waals surface area contributed by atoms with Crippen LogP contribution in [-0.4, -0.2) is 21.7 Å². The van der Waals surface area contributed by atoms with Gasteiger partial charge in [-0.3, -0.25) is 9.78 Å². The number of hydrogen-bond acceptors (Lipinski definition) is 4. The first-order chi connectivity index (χ1) is 9.47. The number of rotatable bonds is 4. The number of nitrogens with one attached hydrogen (secondary N) is 2. The van der Waals surface area contributed by atoms with Gasteiger partial charge in [0.1, 0.15) is 5.69 Å². The van der Waals surface area contributed by atoms with Crippen LogP contribution >= 0.6 is 0 Å². The summed E-state index contributed by atoms with van der Waals surface area (Å²) in [5.41, 5.74) is 1.53. The summed E-state index contributed by atoms with van der Waals surface area (Å²) >= 11 is 0. The van der Waals surface area contributed by atoms with Crippen LogP contribution in [0.2, 0.25) is 0 Å². The lowest BCUT2D eigenvalue weighted by atomic mass is 9.93. The fraction of sp³-hybridized carbons (Fsp3) is 0.667. The summed E-state index contributed by atoms with van der Waals surface area (Å²) in [5.74, 6) is 0.458. The molecule has 1 aromatic heterocycles. The highest BCUT2D eigenvalue weighted by Crippen LogP contribution is 2.19. The van der Waals surface area contributed by atoms with Crippen molar-refractivity contribution in [2.75, 3.05) is 11.9 Å². The van der Waals surface area contributed by atoms with E-state index in [1.165, 1.54) is 31.3 Å². The first-order valence-corrected chi connectivity index (χ1v) is 7.36. The molecule has 0 bridgehead atoms. The van der Waals surface area contributed by atoms with E-state index in [0.717, 1.165) is 13.0 Å². The Balaban J connectivity index is 1.92. The van der Waals surface area contributed by atoms with E-state index in [-0.39, 0.29) is 11.0 Å². The summed E-state index contributed by atoms with van der Waals surface area (Å²) in [7, 11) is 0. The molecule has 0 radical (unpaired) electrons. The average Bonchev–Trinajstić information content (AvgIpc) is 2.38. The molecule has 0 aromatic carbocycles. The lowest BCUT2D eigenvalue weighted by molar-refractivity contribution is 0.546. The van der Waals surface area contributed by atoms with E-state index in [9.17, 15) is 4.79 Å². The van der Waals surface area contributed by atoms with Crippen molar-refractivity contribution >= 4 is 5.95 Å². The van der Waals surface area contributed by atoms with Crippen LogP contribution in [0.15, 0.2) is 16.4 Å². The van der Waals surface area contributed by atoms with E-state index in [2.05, 4.69) is 26.6 Å². The van der Waals surface area contributed by atoms with E-state index in [0.29, 0.717) is 11.6 Å². The van der Waals surface area contributed by atoms with Crippen molar-refractivity contribution in [3.05, 3.63) is 27.7 Å². The van der Waals surface area contributed by atoms with E-state index >= 15 is 0 Å². The number of aromatic nitrogens is 3. The molecule has 1 aliphatic carbocycles. The molecule has 1 aromatic rings. The molecular formula is C15H24N4O. The van der Waals surface area contributed by atoms with Crippen molar-refractivity contribution in [1.82, 2.24) is 15.2 Å². The highest BCUT2D eigenvalue weighted by Gasteiger charge is 2.20. The van der Waals surface area contributed by atoms with Gasteiger partial charge in [0.05, 0.1) is 0 Å². The molecule has 2 N–H and O–H groups in total. The van der Waals surface area contributed by atoms with Gasteiger partial charge in [-0.05, 0) is 32.1 Å². The molecule has 0 unspecified atom stereocenters. The van der Waals surface area contributed by atoms with Crippen LogP contribution in [0, 0.1) is 0 Å². The normalized spacial score (nSPS) is 15.8. The second kappa shape index (κ2) is 6.20. The van der Waals surface area contributed by atoms with Gasteiger partial charge in [0.15, 0.2) is 0 Å². The molecule has 0 saturated carbocycles. The molecule has 0 spiro atoms. The molecule has 0 fully saturated rings. The zero-order valence-corrected chi connectivity index (χ0v) is 12.6. The Hall–Kier alpha value is -1.65. The Morgan fingerprint density at radius 1 is 1.30 bits per heavy atom. The van der Waals surface area contributed by atoms with E-state index in [4.69, 9.17) is 0 Å². The fourth-order valence-electron chi connectivity index (χ4n) is 2.38. The molecule has 20 heavy (non-hydrogen) atoms. The number of allylic oxidation sites excluding steroid dienone is 1. The van der Waals surface area contributed by atoms with Crippen molar-refractivity contribution in [3.63, 3.8) is 0 Å². The Morgan fingerprint density at radius 3 is 2.70 bits per heavy atom. The molecule has 0 aliphatic heterocycles. The van der Waals surface area contributed by atoms with Gasteiger partial charge in [0.2, 0.25) is 5.95 Å². The molecule has 110 valence electrons. The number of aromatic amines is 1. The largest absolute Gasteiger partial charge is 0.354 e. The second-order valence-electron chi connectivity index (χ2n) is 6.39. The Kier molecular flexibility index (Phi) is 4.57. The highest BCUT2D eigenvalue weighted by molar-refractivity contribution is 5.23. The lowest BCUT2D eigenvalue weighted by Gasteiger charge is -2.16. The third-order valence-electron chi connectivity index (χ3n) is 3.53. The standard InChI is InChI=1S/C15H24N4O/c1-15(2,3)12-13(20)17-14(19-18-12)16-10-9-11-7-5-4-6-8-11/h7H,4-6,8-10H2,1-3H3,(H2,16,17,19,20). The minimum Gasteiger partial charge on any atom is -0.354 e. The summed E-state index contributed by atoms with van der Waals surface area (Å²) in [6.45, 7) is 6.64. The van der Waals surface area contributed by atoms with Crippen molar-refractivity contribution < 1.29 is 0 Å². The van der Waals surface area contributed by atoms with Crippen LogP contribution in [0.3, 0.4) is 0 Å². The molecule has 0 saturated heterocycles. The van der Waals surface area contributed by atoms with Gasteiger partial charge >= 0.3 is 0 Å². The van der Waals surface area contributed by atoms with E-state index in [1.54, 1.807) is 0 Å². The molecule has 5 nitrogen and oxygen atoms in total. The average molecular weight is 276 g/mol. The molecular weight excluding hydrogens is 252 g/mol. The number of anilines is 1. The van der Waals surface area contributed by atoms with E-state index in [1.807, 2.05) is 20.8 Å². The summed E-state index contributed by atoms with van der Waals surface area (Å²) in [6.07, 6.45) is 8.35. The lowest BCUT2D eigenvalue weighted by Crippen LogP contribution is -2.28. The van der Waals surface area contributed by atoms with Gasteiger partial charge in [-0.15, -0.1) is 10.2 Å². The quantitative estimate of drug-likeness (QED) is 0.830. The first kappa shape index (κ1) is 14.8. The molecule has 2 rings (SSSR count). The van der Waals surface area contributed by atoms with Crippen molar-refractivity contribution in [2.24, 2.45) is 0 Å². The monoisotopic (exact) mass is 276 g/mol. The van der Waals surface area contributed by atoms with Crippen molar-refractivity contribution in [1.29, 1.82) is 0 Å². The van der Waals surface area contributed by atoms with Gasteiger partial charge in [-0.25, -0.2) is 0 Å². The van der Waals surface area contributed by atoms with Gasteiger partial charge in [0, 0.05) is 12.0 Å². The van der Waals surface area contributed by atoms with Crippen LogP contribution < -0.4 is 10.9 Å². The maximum Gasteiger partial charge on any atom is 0.274 e. The van der Waals surface area contributed by atoms with Crippen LogP contribution in [0.4, 0.5) is 5.95 Å². The number of hydrogen-bond donors (Lipinski definition) is 2. The zero-order valence-electron chi connectivity index (χ0n) is 12.6. The van der Waals surface area contributed by atoms with Gasteiger partial charge in [0.25, 0.3) is 5.56 Å². The maximum absolute atomic E-state index is 11.9. The molecule has 0 atom stereocenters. The Labute approximate surface area is 119 Å². The third kappa shape index (κ3) is 3.92. The van der Waals surface area contributed by atoms with E-state index < -0.39 is 0 Å².